The van der Waals surface area contributed by atoms with E-state index in [1.165, 1.54) is 6.42 Å². The Morgan fingerprint density at radius 3 is 2.85 bits per heavy atom. The predicted octanol–water partition coefficient (Wildman–Crippen LogP) is 2.45. The molecule has 10 heteroatoms. The second kappa shape index (κ2) is 8.43. The lowest BCUT2D eigenvalue weighted by Crippen LogP contribution is -2.15. The highest BCUT2D eigenvalue weighted by Gasteiger charge is 2.21. The number of hydrogen-bond acceptors (Lipinski definition) is 6. The van der Waals surface area contributed by atoms with E-state index in [4.69, 9.17) is 10.7 Å². The van der Waals surface area contributed by atoms with E-state index in [1.54, 1.807) is 6.07 Å². The third-order valence-corrected chi connectivity index (χ3v) is 6.46. The number of H-pyrrole nitrogens is 1. The quantitative estimate of drug-likeness (QED) is 0.448. The van der Waals surface area contributed by atoms with Crippen LogP contribution in [0.5, 0.6) is 0 Å². The third kappa shape index (κ3) is 4.02. The first-order valence-electron chi connectivity index (χ1n) is 11.4. The van der Waals surface area contributed by atoms with Crippen molar-refractivity contribution in [2.75, 3.05) is 20.1 Å². The van der Waals surface area contributed by atoms with E-state index in [9.17, 15) is 4.79 Å². The summed E-state index contributed by atoms with van der Waals surface area (Å²) in [4.78, 5) is 19.2. The van der Waals surface area contributed by atoms with Crippen LogP contribution in [0.25, 0.3) is 33.8 Å². The Balaban J connectivity index is 1.52. The summed E-state index contributed by atoms with van der Waals surface area (Å²) < 4.78 is 3.85. The molecule has 0 bridgehead atoms. The van der Waals surface area contributed by atoms with Gasteiger partial charge in [-0.2, -0.15) is 15.3 Å². The Morgan fingerprint density at radius 2 is 2.12 bits per heavy atom. The molecule has 0 saturated carbocycles. The lowest BCUT2D eigenvalue weighted by molar-refractivity contribution is 0.100. The van der Waals surface area contributed by atoms with Crippen molar-refractivity contribution in [2.45, 2.75) is 39.8 Å². The number of carbonyl (C=O) groups is 1. The molecule has 172 valence electrons. The molecule has 4 aromatic rings. The van der Waals surface area contributed by atoms with Crippen molar-refractivity contribution < 1.29 is 4.79 Å². The summed E-state index contributed by atoms with van der Waals surface area (Å²) in [6.07, 6.45) is 4.08. The minimum Gasteiger partial charge on any atom is -0.366 e. The fourth-order valence-corrected chi connectivity index (χ4v) is 4.72. The Morgan fingerprint density at radius 1 is 1.27 bits per heavy atom. The van der Waals surface area contributed by atoms with Crippen molar-refractivity contribution in [3.8, 4) is 22.9 Å². The van der Waals surface area contributed by atoms with Gasteiger partial charge in [-0.05, 0) is 64.4 Å². The molecule has 1 fully saturated rings. The Kier molecular flexibility index (Phi) is 5.45. The molecule has 1 saturated heterocycles. The second-order valence-electron chi connectivity index (χ2n) is 8.89. The monoisotopic (exact) mass is 447 g/mol. The molecular formula is C23H29N9O. The zero-order chi connectivity index (χ0) is 23.1. The van der Waals surface area contributed by atoms with Crippen LogP contribution in [0, 0.1) is 12.8 Å². The highest BCUT2D eigenvalue weighted by atomic mass is 16.1. The van der Waals surface area contributed by atoms with Crippen LogP contribution in [0.3, 0.4) is 0 Å². The van der Waals surface area contributed by atoms with Crippen LogP contribution in [0.1, 0.15) is 35.8 Å². The molecule has 0 spiro atoms. The van der Waals surface area contributed by atoms with Crippen LogP contribution in [0.15, 0.2) is 24.4 Å². The van der Waals surface area contributed by atoms with Crippen molar-refractivity contribution >= 4 is 16.8 Å². The lowest BCUT2D eigenvalue weighted by Gasteiger charge is -2.11. The summed E-state index contributed by atoms with van der Waals surface area (Å²) in [6.45, 7) is 7.76. The first-order valence-corrected chi connectivity index (χ1v) is 11.4. The van der Waals surface area contributed by atoms with E-state index in [1.807, 2.05) is 41.5 Å². The normalized spacial score (nSPS) is 16.8. The number of hydrogen-bond donors (Lipinski definition) is 2. The van der Waals surface area contributed by atoms with Crippen LogP contribution in [0.2, 0.25) is 0 Å². The van der Waals surface area contributed by atoms with E-state index in [-0.39, 0.29) is 0 Å². The fraction of sp³-hybridized carbons (Fsp3) is 0.435. The van der Waals surface area contributed by atoms with Gasteiger partial charge >= 0.3 is 0 Å². The van der Waals surface area contributed by atoms with Gasteiger partial charge in [-0.25, -0.2) is 4.98 Å². The Hall–Kier alpha value is -3.53. The number of nitrogens with one attached hydrogen (secondary N) is 1. The average Bonchev–Trinajstić information content (AvgIpc) is 3.57. The van der Waals surface area contributed by atoms with Crippen LogP contribution in [-0.2, 0) is 13.1 Å². The van der Waals surface area contributed by atoms with E-state index < -0.39 is 5.91 Å². The maximum absolute atomic E-state index is 12.1. The first-order chi connectivity index (χ1) is 15.9. The van der Waals surface area contributed by atoms with E-state index in [2.05, 4.69) is 32.3 Å². The van der Waals surface area contributed by atoms with Gasteiger partial charge in [-0.15, -0.1) is 0 Å². The van der Waals surface area contributed by atoms with Gasteiger partial charge in [0.1, 0.15) is 5.69 Å². The number of nitrogens with zero attached hydrogens (tertiary/aromatic N) is 7. The molecule has 0 unspecified atom stereocenters. The molecule has 5 rings (SSSR count). The summed E-state index contributed by atoms with van der Waals surface area (Å²) in [7, 11) is 2.16. The summed E-state index contributed by atoms with van der Waals surface area (Å²) in [5.74, 6) is 1.30. The molecular weight excluding hydrogens is 418 g/mol. The standard InChI is InChI=1S/C23H29N9O/c1-4-31-20(9-14(2)29-31)23-26-22(27-28-23)17-10-16(21(24)33)11-19-18(17)12-25-32(19)8-6-15-5-7-30(3)13-15/h9-12,15H,4-8,13H2,1-3H3,(H2,24,33)(H,26,27,28)/t15-/m0/s1. The largest absolute Gasteiger partial charge is 0.366 e. The molecule has 0 radical (unpaired) electrons. The Labute approximate surface area is 191 Å². The van der Waals surface area contributed by atoms with Gasteiger partial charge < -0.3 is 10.6 Å². The van der Waals surface area contributed by atoms with Crippen LogP contribution in [0.4, 0.5) is 0 Å². The molecule has 3 N–H and O–H groups in total. The highest BCUT2D eigenvalue weighted by molar-refractivity contribution is 6.02. The van der Waals surface area contributed by atoms with Crippen LogP contribution < -0.4 is 5.73 Å². The number of likely N-dealkylation sites (tertiary alicyclic amines) is 1. The minimum atomic E-state index is -0.487. The number of rotatable bonds is 7. The number of aryl methyl sites for hydroxylation is 3. The number of carbonyl (C=O) groups excluding carboxylic acids is 1. The van der Waals surface area contributed by atoms with E-state index in [0.29, 0.717) is 23.1 Å². The maximum atomic E-state index is 12.1. The summed E-state index contributed by atoms with van der Waals surface area (Å²) in [6, 6.07) is 5.54. The SMILES string of the molecule is CCn1nc(C)cc1-c1nc(-c2cc(C(N)=O)cc3c2cnn3CC[C@@H]2CCN(C)C2)n[nH]1. The highest BCUT2D eigenvalue weighted by Crippen LogP contribution is 2.30. The molecule has 3 aromatic heterocycles. The van der Waals surface area contributed by atoms with Gasteiger partial charge in [-0.3, -0.25) is 19.3 Å². The smallest absolute Gasteiger partial charge is 0.248 e. The number of fused-ring (bicyclic) bond motifs is 1. The molecule has 1 atom stereocenters. The fourth-order valence-electron chi connectivity index (χ4n) is 4.72. The number of aromatic amines is 1. The molecule has 33 heavy (non-hydrogen) atoms. The summed E-state index contributed by atoms with van der Waals surface area (Å²) in [5.41, 5.74) is 9.46. The van der Waals surface area contributed by atoms with Crippen molar-refractivity contribution in [3.63, 3.8) is 0 Å². The van der Waals surface area contributed by atoms with Crippen LogP contribution >= 0.6 is 0 Å². The number of benzene rings is 1. The molecule has 1 aliphatic rings. The molecule has 1 aliphatic heterocycles. The zero-order valence-corrected chi connectivity index (χ0v) is 19.2. The number of aromatic nitrogens is 7. The maximum Gasteiger partial charge on any atom is 0.248 e. The number of nitrogens with two attached hydrogens (primary N) is 1. The predicted molar refractivity (Wildman–Crippen MR) is 125 cm³/mol. The van der Waals surface area contributed by atoms with E-state index >= 15 is 0 Å². The van der Waals surface area contributed by atoms with Gasteiger partial charge in [0.15, 0.2) is 11.6 Å². The summed E-state index contributed by atoms with van der Waals surface area (Å²) >= 11 is 0. The van der Waals surface area contributed by atoms with Gasteiger partial charge in [0.25, 0.3) is 0 Å². The summed E-state index contributed by atoms with van der Waals surface area (Å²) in [5, 5.41) is 17.5. The third-order valence-electron chi connectivity index (χ3n) is 6.46. The zero-order valence-electron chi connectivity index (χ0n) is 19.2. The molecule has 4 heterocycles. The van der Waals surface area contributed by atoms with Gasteiger partial charge in [0, 0.05) is 36.1 Å². The number of primary amides is 1. The van der Waals surface area contributed by atoms with Crippen LogP contribution in [-0.4, -0.2) is 65.7 Å². The van der Waals surface area contributed by atoms with Crippen molar-refractivity contribution in [1.29, 1.82) is 0 Å². The first kappa shape index (κ1) is 21.3. The molecule has 1 aromatic carbocycles. The second-order valence-corrected chi connectivity index (χ2v) is 8.89. The van der Waals surface area contributed by atoms with Crippen molar-refractivity contribution in [1.82, 2.24) is 39.6 Å². The van der Waals surface area contributed by atoms with E-state index in [0.717, 1.165) is 60.5 Å². The molecule has 1 amide bonds. The topological polar surface area (TPSA) is 124 Å². The number of amides is 1. The van der Waals surface area contributed by atoms with Crippen molar-refractivity contribution in [2.24, 2.45) is 11.7 Å². The lowest BCUT2D eigenvalue weighted by atomic mass is 10.0. The van der Waals surface area contributed by atoms with Gasteiger partial charge in [0.2, 0.25) is 5.91 Å². The molecule has 0 aliphatic carbocycles. The van der Waals surface area contributed by atoms with Crippen molar-refractivity contribution in [3.05, 3.63) is 35.7 Å². The average molecular weight is 448 g/mol. The van der Waals surface area contributed by atoms with Gasteiger partial charge in [-0.1, -0.05) is 0 Å². The van der Waals surface area contributed by atoms with Gasteiger partial charge in [0.05, 0.1) is 17.4 Å². The minimum absolute atomic E-state index is 0.417. The Bertz CT molecular complexity index is 1310. The molecule has 10 nitrogen and oxygen atoms in total.